The lowest BCUT2D eigenvalue weighted by molar-refractivity contribution is 0.750. The van der Waals surface area contributed by atoms with Crippen LogP contribution in [0.25, 0.3) is 0 Å². The lowest BCUT2D eigenvalue weighted by Gasteiger charge is -2.18. The topological polar surface area (TPSA) is 81.1 Å². The van der Waals surface area contributed by atoms with Crippen molar-refractivity contribution in [3.05, 3.63) is 11.8 Å². The fourth-order valence-corrected chi connectivity index (χ4v) is 1.92. The summed E-state index contributed by atoms with van der Waals surface area (Å²) in [5, 5.41) is 0. The SMILES string of the molecule is CC(C)c1cc(N2CCC(N)C2)nc(N)n1. The van der Waals surface area contributed by atoms with Gasteiger partial charge in [0.05, 0.1) is 5.69 Å². The molecule has 0 radical (unpaired) electrons. The van der Waals surface area contributed by atoms with Crippen molar-refractivity contribution in [3.63, 3.8) is 0 Å². The van der Waals surface area contributed by atoms with Gasteiger partial charge >= 0.3 is 0 Å². The number of anilines is 2. The summed E-state index contributed by atoms with van der Waals surface area (Å²) >= 11 is 0. The van der Waals surface area contributed by atoms with Crippen molar-refractivity contribution in [1.82, 2.24) is 9.97 Å². The minimum Gasteiger partial charge on any atom is -0.368 e. The Kier molecular flexibility index (Phi) is 2.96. The molecule has 5 nitrogen and oxygen atoms in total. The van der Waals surface area contributed by atoms with Gasteiger partial charge in [-0.25, -0.2) is 4.98 Å². The molecule has 1 aliphatic heterocycles. The van der Waals surface area contributed by atoms with Crippen molar-refractivity contribution in [2.45, 2.75) is 32.2 Å². The van der Waals surface area contributed by atoms with E-state index in [0.717, 1.165) is 31.0 Å². The molecule has 0 amide bonds. The van der Waals surface area contributed by atoms with Crippen LogP contribution >= 0.6 is 0 Å². The van der Waals surface area contributed by atoms with Gasteiger partial charge in [0.15, 0.2) is 0 Å². The Morgan fingerprint density at radius 3 is 2.75 bits per heavy atom. The summed E-state index contributed by atoms with van der Waals surface area (Å²) in [6.07, 6.45) is 1.01. The Morgan fingerprint density at radius 1 is 1.44 bits per heavy atom. The Bertz CT molecular complexity index is 377. The lowest BCUT2D eigenvalue weighted by Crippen LogP contribution is -2.27. The summed E-state index contributed by atoms with van der Waals surface area (Å²) < 4.78 is 0. The van der Waals surface area contributed by atoms with E-state index < -0.39 is 0 Å². The maximum absolute atomic E-state index is 5.88. The van der Waals surface area contributed by atoms with Gasteiger partial charge in [0.2, 0.25) is 5.95 Å². The minimum absolute atomic E-state index is 0.249. The zero-order valence-electron chi connectivity index (χ0n) is 9.85. The highest BCUT2D eigenvalue weighted by molar-refractivity contribution is 5.45. The first-order valence-electron chi connectivity index (χ1n) is 5.71. The largest absolute Gasteiger partial charge is 0.368 e. The van der Waals surface area contributed by atoms with Crippen LogP contribution in [0.1, 0.15) is 31.9 Å². The molecule has 2 rings (SSSR count). The predicted octanol–water partition coefficient (Wildman–Crippen LogP) is 0.720. The summed E-state index contributed by atoms with van der Waals surface area (Å²) in [6, 6.07) is 2.26. The van der Waals surface area contributed by atoms with E-state index >= 15 is 0 Å². The molecule has 0 spiro atoms. The molecule has 0 saturated carbocycles. The molecule has 0 aromatic carbocycles. The van der Waals surface area contributed by atoms with Crippen LogP contribution in [0.3, 0.4) is 0 Å². The van der Waals surface area contributed by atoms with Crippen molar-refractivity contribution < 1.29 is 0 Å². The van der Waals surface area contributed by atoms with Crippen LogP contribution in [0.15, 0.2) is 6.07 Å². The highest BCUT2D eigenvalue weighted by Crippen LogP contribution is 2.22. The Morgan fingerprint density at radius 2 is 2.19 bits per heavy atom. The van der Waals surface area contributed by atoms with Gasteiger partial charge in [-0.3, -0.25) is 0 Å². The molecule has 1 aliphatic rings. The van der Waals surface area contributed by atoms with Gasteiger partial charge < -0.3 is 16.4 Å². The van der Waals surface area contributed by atoms with Crippen LogP contribution < -0.4 is 16.4 Å². The van der Waals surface area contributed by atoms with Gasteiger partial charge in [0, 0.05) is 25.2 Å². The summed E-state index contributed by atoms with van der Waals surface area (Å²) in [5.74, 6) is 1.62. The molecule has 1 aromatic heterocycles. The first kappa shape index (κ1) is 11.1. The third-order valence-electron chi connectivity index (χ3n) is 2.89. The molecule has 5 heteroatoms. The third kappa shape index (κ3) is 2.24. The van der Waals surface area contributed by atoms with E-state index in [4.69, 9.17) is 11.5 Å². The third-order valence-corrected chi connectivity index (χ3v) is 2.89. The molecule has 1 aromatic rings. The van der Waals surface area contributed by atoms with Crippen molar-refractivity contribution in [2.24, 2.45) is 5.73 Å². The second-order valence-electron chi connectivity index (χ2n) is 4.66. The van der Waals surface area contributed by atoms with E-state index in [1.165, 1.54) is 0 Å². The quantitative estimate of drug-likeness (QED) is 0.769. The number of nitrogen functional groups attached to an aromatic ring is 1. The molecule has 16 heavy (non-hydrogen) atoms. The highest BCUT2D eigenvalue weighted by Gasteiger charge is 2.21. The smallest absolute Gasteiger partial charge is 0.222 e. The van der Waals surface area contributed by atoms with Crippen molar-refractivity contribution in [1.29, 1.82) is 0 Å². The van der Waals surface area contributed by atoms with E-state index in [2.05, 4.69) is 28.7 Å². The van der Waals surface area contributed by atoms with Gasteiger partial charge in [-0.2, -0.15) is 4.98 Å². The normalized spacial score (nSPS) is 20.8. The Balaban J connectivity index is 2.27. The molecule has 88 valence electrons. The van der Waals surface area contributed by atoms with Gasteiger partial charge in [0.1, 0.15) is 5.82 Å². The second kappa shape index (κ2) is 4.25. The van der Waals surface area contributed by atoms with Crippen LogP contribution in [-0.2, 0) is 0 Å². The first-order valence-corrected chi connectivity index (χ1v) is 5.71. The van der Waals surface area contributed by atoms with Gasteiger partial charge in [-0.1, -0.05) is 13.8 Å². The molecule has 4 N–H and O–H groups in total. The molecule has 0 bridgehead atoms. The van der Waals surface area contributed by atoms with Gasteiger partial charge in [0.25, 0.3) is 0 Å². The maximum atomic E-state index is 5.88. The fraction of sp³-hybridized carbons (Fsp3) is 0.636. The first-order chi connectivity index (χ1) is 7.56. The summed E-state index contributed by atoms with van der Waals surface area (Å²) in [7, 11) is 0. The van der Waals surface area contributed by atoms with E-state index in [1.807, 2.05) is 6.07 Å². The summed E-state index contributed by atoms with van der Waals surface area (Å²) in [5.41, 5.74) is 12.6. The van der Waals surface area contributed by atoms with E-state index in [1.54, 1.807) is 0 Å². The molecular weight excluding hydrogens is 202 g/mol. The van der Waals surface area contributed by atoms with E-state index in [0.29, 0.717) is 11.9 Å². The summed E-state index contributed by atoms with van der Waals surface area (Å²) in [6.45, 7) is 6.01. The molecule has 2 heterocycles. The zero-order chi connectivity index (χ0) is 11.7. The van der Waals surface area contributed by atoms with E-state index in [9.17, 15) is 0 Å². The van der Waals surface area contributed by atoms with E-state index in [-0.39, 0.29) is 6.04 Å². The highest BCUT2D eigenvalue weighted by atomic mass is 15.2. The van der Waals surface area contributed by atoms with Crippen LogP contribution in [0, 0.1) is 0 Å². The summed E-state index contributed by atoms with van der Waals surface area (Å²) in [4.78, 5) is 10.7. The lowest BCUT2D eigenvalue weighted by atomic mass is 10.1. The number of aromatic nitrogens is 2. The molecule has 1 atom stereocenters. The van der Waals surface area contributed by atoms with Crippen molar-refractivity contribution in [2.75, 3.05) is 23.7 Å². The zero-order valence-corrected chi connectivity index (χ0v) is 9.85. The van der Waals surface area contributed by atoms with Crippen LogP contribution in [0.2, 0.25) is 0 Å². The standard InChI is InChI=1S/C11H19N5/c1-7(2)9-5-10(15-11(13)14-9)16-4-3-8(12)6-16/h5,7-8H,3-4,6,12H2,1-2H3,(H2,13,14,15). The van der Waals surface area contributed by atoms with Crippen LogP contribution in [0.4, 0.5) is 11.8 Å². The average molecular weight is 221 g/mol. The maximum Gasteiger partial charge on any atom is 0.222 e. The van der Waals surface area contributed by atoms with Gasteiger partial charge in [-0.05, 0) is 12.3 Å². The predicted molar refractivity (Wildman–Crippen MR) is 65.3 cm³/mol. The van der Waals surface area contributed by atoms with Crippen molar-refractivity contribution >= 4 is 11.8 Å². The molecule has 1 saturated heterocycles. The number of nitrogens with zero attached hydrogens (tertiary/aromatic N) is 3. The van der Waals surface area contributed by atoms with Gasteiger partial charge in [-0.15, -0.1) is 0 Å². The molecule has 0 aliphatic carbocycles. The number of nitrogens with two attached hydrogens (primary N) is 2. The Hall–Kier alpha value is -1.36. The van der Waals surface area contributed by atoms with Crippen LogP contribution in [-0.4, -0.2) is 29.1 Å². The molecular formula is C11H19N5. The number of hydrogen-bond donors (Lipinski definition) is 2. The average Bonchev–Trinajstić information content (AvgIpc) is 2.64. The number of rotatable bonds is 2. The minimum atomic E-state index is 0.249. The molecule has 1 fully saturated rings. The van der Waals surface area contributed by atoms with Crippen LogP contribution in [0.5, 0.6) is 0 Å². The Labute approximate surface area is 95.9 Å². The fourth-order valence-electron chi connectivity index (χ4n) is 1.92. The van der Waals surface area contributed by atoms with Crippen molar-refractivity contribution in [3.8, 4) is 0 Å². The monoisotopic (exact) mass is 221 g/mol. The second-order valence-corrected chi connectivity index (χ2v) is 4.66. The molecule has 1 unspecified atom stereocenters. The number of hydrogen-bond acceptors (Lipinski definition) is 5.